The van der Waals surface area contributed by atoms with Crippen LogP contribution in [0.3, 0.4) is 0 Å². The van der Waals surface area contributed by atoms with Gasteiger partial charge in [0.1, 0.15) is 0 Å². The van der Waals surface area contributed by atoms with Gasteiger partial charge in [0.2, 0.25) is 5.91 Å². The van der Waals surface area contributed by atoms with Crippen molar-refractivity contribution in [3.05, 3.63) is 29.3 Å². The zero-order valence-electron chi connectivity index (χ0n) is 11.8. The number of amides is 1. The lowest BCUT2D eigenvalue weighted by Gasteiger charge is -2.13. The molecule has 0 fully saturated rings. The van der Waals surface area contributed by atoms with Crippen LogP contribution in [-0.4, -0.2) is 19.0 Å². The van der Waals surface area contributed by atoms with Crippen LogP contribution in [0.2, 0.25) is 0 Å². The van der Waals surface area contributed by atoms with Gasteiger partial charge in [0.25, 0.3) is 0 Å². The molecule has 0 aromatic heterocycles. The maximum absolute atomic E-state index is 11.6. The van der Waals surface area contributed by atoms with E-state index in [9.17, 15) is 4.79 Å². The van der Waals surface area contributed by atoms with Gasteiger partial charge in [-0.3, -0.25) is 4.79 Å². The van der Waals surface area contributed by atoms with E-state index in [-0.39, 0.29) is 5.91 Å². The Bertz CT molecular complexity index is 379. The molecule has 0 unspecified atom stereocenters. The first kappa shape index (κ1) is 14.6. The Morgan fingerprint density at radius 3 is 2.39 bits per heavy atom. The van der Waals surface area contributed by atoms with Crippen molar-refractivity contribution in [2.45, 2.75) is 34.1 Å². The Hall–Kier alpha value is -1.51. The topological polar surface area (TPSA) is 41.1 Å². The minimum Gasteiger partial charge on any atom is -0.384 e. The largest absolute Gasteiger partial charge is 0.384 e. The normalized spacial score (nSPS) is 10.5. The molecule has 1 aromatic carbocycles. The first-order valence-electron chi connectivity index (χ1n) is 6.57. The van der Waals surface area contributed by atoms with Gasteiger partial charge in [-0.1, -0.05) is 32.0 Å². The van der Waals surface area contributed by atoms with Crippen LogP contribution < -0.4 is 10.6 Å². The third-order valence-electron chi connectivity index (χ3n) is 2.84. The predicted octanol–water partition coefficient (Wildman–Crippen LogP) is 2.88. The lowest BCUT2D eigenvalue weighted by Crippen LogP contribution is -2.28. The number of rotatable bonds is 6. The first-order valence-corrected chi connectivity index (χ1v) is 6.57. The summed E-state index contributed by atoms with van der Waals surface area (Å²) in [6, 6.07) is 6.20. The number of hydrogen-bond donors (Lipinski definition) is 2. The number of anilines is 1. The smallest absolute Gasteiger partial charge is 0.221 e. The summed E-state index contributed by atoms with van der Waals surface area (Å²) in [6.45, 7) is 9.77. The SMILES string of the molecule is Cc1cccc(C)c1NCCC(=O)NCC(C)C. The van der Waals surface area contributed by atoms with Crippen LogP contribution in [0.25, 0.3) is 0 Å². The lowest BCUT2D eigenvalue weighted by atomic mass is 10.1. The van der Waals surface area contributed by atoms with Gasteiger partial charge >= 0.3 is 0 Å². The maximum atomic E-state index is 11.6. The Labute approximate surface area is 110 Å². The second kappa shape index (κ2) is 7.04. The van der Waals surface area contributed by atoms with E-state index >= 15 is 0 Å². The quantitative estimate of drug-likeness (QED) is 0.812. The molecular formula is C15H24N2O. The molecule has 18 heavy (non-hydrogen) atoms. The highest BCUT2D eigenvalue weighted by Gasteiger charge is 2.04. The lowest BCUT2D eigenvalue weighted by molar-refractivity contribution is -0.120. The summed E-state index contributed by atoms with van der Waals surface area (Å²) >= 11 is 0. The molecule has 0 bridgehead atoms. The number of benzene rings is 1. The van der Waals surface area contributed by atoms with Crippen molar-refractivity contribution >= 4 is 11.6 Å². The molecule has 3 heteroatoms. The Kier molecular flexibility index (Phi) is 5.69. The van der Waals surface area contributed by atoms with Crippen LogP contribution in [0.5, 0.6) is 0 Å². The molecule has 0 saturated heterocycles. The maximum Gasteiger partial charge on any atom is 0.221 e. The van der Waals surface area contributed by atoms with Crippen LogP contribution in [0.15, 0.2) is 18.2 Å². The Balaban J connectivity index is 2.35. The van der Waals surface area contributed by atoms with E-state index in [1.54, 1.807) is 0 Å². The van der Waals surface area contributed by atoms with E-state index in [0.29, 0.717) is 18.9 Å². The molecule has 100 valence electrons. The molecule has 0 aliphatic heterocycles. The summed E-state index contributed by atoms with van der Waals surface area (Å²) in [5.41, 5.74) is 3.59. The number of para-hydroxylation sites is 1. The minimum atomic E-state index is 0.113. The second-order valence-corrected chi connectivity index (χ2v) is 5.14. The van der Waals surface area contributed by atoms with Gasteiger partial charge in [-0.15, -0.1) is 0 Å². The molecular weight excluding hydrogens is 224 g/mol. The van der Waals surface area contributed by atoms with E-state index in [1.165, 1.54) is 11.1 Å². The minimum absolute atomic E-state index is 0.113. The fraction of sp³-hybridized carbons (Fsp3) is 0.533. The van der Waals surface area contributed by atoms with Crippen LogP contribution in [-0.2, 0) is 4.79 Å². The highest BCUT2D eigenvalue weighted by Crippen LogP contribution is 2.18. The standard InChI is InChI=1S/C15H24N2O/c1-11(2)10-17-14(18)8-9-16-15-12(3)6-5-7-13(15)4/h5-7,11,16H,8-10H2,1-4H3,(H,17,18). The van der Waals surface area contributed by atoms with Crippen LogP contribution in [0.4, 0.5) is 5.69 Å². The Morgan fingerprint density at radius 2 is 1.83 bits per heavy atom. The summed E-state index contributed by atoms with van der Waals surface area (Å²) < 4.78 is 0. The van der Waals surface area contributed by atoms with Crippen molar-refractivity contribution in [1.82, 2.24) is 5.32 Å². The summed E-state index contributed by atoms with van der Waals surface area (Å²) in [6.07, 6.45) is 0.514. The fourth-order valence-corrected chi connectivity index (χ4v) is 1.80. The highest BCUT2D eigenvalue weighted by molar-refractivity contribution is 5.76. The molecule has 0 radical (unpaired) electrons. The van der Waals surface area contributed by atoms with Crippen LogP contribution in [0.1, 0.15) is 31.4 Å². The van der Waals surface area contributed by atoms with Crippen molar-refractivity contribution in [2.75, 3.05) is 18.4 Å². The molecule has 0 spiro atoms. The average Bonchev–Trinajstić information content (AvgIpc) is 2.30. The number of nitrogens with one attached hydrogen (secondary N) is 2. The zero-order valence-corrected chi connectivity index (χ0v) is 11.8. The number of aryl methyl sites for hydroxylation is 2. The molecule has 1 amide bonds. The van der Waals surface area contributed by atoms with Crippen molar-refractivity contribution in [3.63, 3.8) is 0 Å². The van der Waals surface area contributed by atoms with E-state index in [4.69, 9.17) is 0 Å². The molecule has 0 heterocycles. The van der Waals surface area contributed by atoms with E-state index in [2.05, 4.69) is 50.5 Å². The molecule has 2 N–H and O–H groups in total. The third-order valence-corrected chi connectivity index (χ3v) is 2.84. The summed E-state index contributed by atoms with van der Waals surface area (Å²) in [5, 5.41) is 6.26. The molecule has 0 aliphatic carbocycles. The van der Waals surface area contributed by atoms with Gasteiger partial charge < -0.3 is 10.6 Å². The van der Waals surface area contributed by atoms with Gasteiger partial charge in [-0.05, 0) is 30.9 Å². The number of hydrogen-bond acceptors (Lipinski definition) is 2. The Morgan fingerprint density at radius 1 is 1.22 bits per heavy atom. The van der Waals surface area contributed by atoms with Crippen LogP contribution in [0, 0.1) is 19.8 Å². The molecule has 0 aliphatic rings. The summed E-state index contributed by atoms with van der Waals surface area (Å²) in [5.74, 6) is 0.614. The second-order valence-electron chi connectivity index (χ2n) is 5.14. The number of carbonyl (C=O) groups excluding carboxylic acids is 1. The predicted molar refractivity (Wildman–Crippen MR) is 76.9 cm³/mol. The molecule has 0 atom stereocenters. The zero-order chi connectivity index (χ0) is 13.5. The van der Waals surface area contributed by atoms with Gasteiger partial charge in [0.05, 0.1) is 0 Å². The number of carbonyl (C=O) groups is 1. The van der Waals surface area contributed by atoms with Crippen molar-refractivity contribution in [2.24, 2.45) is 5.92 Å². The summed E-state index contributed by atoms with van der Waals surface area (Å²) in [4.78, 5) is 11.6. The highest BCUT2D eigenvalue weighted by atomic mass is 16.1. The van der Waals surface area contributed by atoms with Crippen molar-refractivity contribution < 1.29 is 4.79 Å². The van der Waals surface area contributed by atoms with E-state index < -0.39 is 0 Å². The van der Waals surface area contributed by atoms with Gasteiger partial charge in [-0.2, -0.15) is 0 Å². The van der Waals surface area contributed by atoms with E-state index in [1.807, 2.05) is 6.07 Å². The average molecular weight is 248 g/mol. The first-order chi connectivity index (χ1) is 8.50. The van der Waals surface area contributed by atoms with Crippen LogP contribution >= 0.6 is 0 Å². The molecule has 1 rings (SSSR count). The summed E-state index contributed by atoms with van der Waals surface area (Å²) in [7, 11) is 0. The monoisotopic (exact) mass is 248 g/mol. The molecule has 1 aromatic rings. The fourth-order valence-electron chi connectivity index (χ4n) is 1.80. The molecule has 3 nitrogen and oxygen atoms in total. The van der Waals surface area contributed by atoms with Crippen molar-refractivity contribution in [1.29, 1.82) is 0 Å². The van der Waals surface area contributed by atoms with Gasteiger partial charge in [-0.25, -0.2) is 0 Å². The van der Waals surface area contributed by atoms with Gasteiger partial charge in [0, 0.05) is 25.2 Å². The third kappa shape index (κ3) is 4.78. The van der Waals surface area contributed by atoms with E-state index in [0.717, 1.165) is 12.2 Å². The molecule has 0 saturated carbocycles. The van der Waals surface area contributed by atoms with Gasteiger partial charge in [0.15, 0.2) is 0 Å². The van der Waals surface area contributed by atoms with Crippen molar-refractivity contribution in [3.8, 4) is 0 Å².